The minimum Gasteiger partial charge on any atom is -0.486 e. The first kappa shape index (κ1) is 15.9. The second-order valence-electron chi connectivity index (χ2n) is 4.10. The zero-order chi connectivity index (χ0) is 15.6. The van der Waals surface area contributed by atoms with Crippen LogP contribution in [-0.4, -0.2) is 11.1 Å². The van der Waals surface area contributed by atoms with Crippen molar-refractivity contribution in [1.82, 2.24) is 0 Å². The molecular formula is C14H8Br2F2O3. The van der Waals surface area contributed by atoms with E-state index in [-0.39, 0.29) is 17.7 Å². The van der Waals surface area contributed by atoms with E-state index >= 15 is 0 Å². The zero-order valence-corrected chi connectivity index (χ0v) is 13.5. The first-order valence-corrected chi connectivity index (χ1v) is 7.26. The third kappa shape index (κ3) is 3.79. The van der Waals surface area contributed by atoms with Gasteiger partial charge in [0.05, 0.1) is 14.5 Å². The third-order valence-electron chi connectivity index (χ3n) is 2.63. The molecule has 0 saturated heterocycles. The van der Waals surface area contributed by atoms with Crippen molar-refractivity contribution in [2.24, 2.45) is 0 Å². The summed E-state index contributed by atoms with van der Waals surface area (Å²) in [5.41, 5.74) is 0.133. The lowest BCUT2D eigenvalue weighted by Gasteiger charge is -2.12. The summed E-state index contributed by atoms with van der Waals surface area (Å²) in [4.78, 5) is 10.9. The lowest BCUT2D eigenvalue weighted by molar-refractivity contribution is 0.0696. The fraction of sp³-hybridized carbons (Fsp3) is 0.0714. The van der Waals surface area contributed by atoms with Gasteiger partial charge in [-0.25, -0.2) is 13.6 Å². The van der Waals surface area contributed by atoms with E-state index in [9.17, 15) is 13.6 Å². The Morgan fingerprint density at radius 3 is 2.33 bits per heavy atom. The van der Waals surface area contributed by atoms with Crippen molar-refractivity contribution in [1.29, 1.82) is 0 Å². The summed E-state index contributed by atoms with van der Waals surface area (Å²) in [5.74, 6) is -1.91. The predicted molar refractivity (Wildman–Crippen MR) is 79.5 cm³/mol. The molecule has 3 nitrogen and oxygen atoms in total. The molecule has 1 N–H and O–H groups in total. The minimum absolute atomic E-state index is 0.0658. The minimum atomic E-state index is -1.08. The molecule has 0 unspecified atom stereocenters. The number of ether oxygens (including phenoxy) is 1. The average Bonchev–Trinajstić information content (AvgIpc) is 2.41. The number of rotatable bonds is 4. The first-order valence-electron chi connectivity index (χ1n) is 5.67. The van der Waals surface area contributed by atoms with E-state index in [1.807, 2.05) is 0 Å². The summed E-state index contributed by atoms with van der Waals surface area (Å²) in [6, 6.07) is 5.81. The van der Waals surface area contributed by atoms with Crippen LogP contribution in [0.5, 0.6) is 5.75 Å². The van der Waals surface area contributed by atoms with Crippen molar-refractivity contribution in [2.45, 2.75) is 6.61 Å². The van der Waals surface area contributed by atoms with Gasteiger partial charge in [0.15, 0.2) is 0 Å². The topological polar surface area (TPSA) is 46.5 Å². The molecule has 0 fully saturated rings. The Bertz CT molecular complexity index is 682. The maximum absolute atomic E-state index is 13.5. The molecule has 2 aromatic carbocycles. The maximum atomic E-state index is 13.5. The van der Waals surface area contributed by atoms with E-state index in [1.54, 1.807) is 0 Å². The molecule has 0 radical (unpaired) electrons. The van der Waals surface area contributed by atoms with E-state index in [0.29, 0.717) is 14.7 Å². The number of carboxylic acids is 1. The quantitative estimate of drug-likeness (QED) is 0.773. The number of carbonyl (C=O) groups is 1. The van der Waals surface area contributed by atoms with Crippen molar-refractivity contribution in [2.75, 3.05) is 0 Å². The highest BCUT2D eigenvalue weighted by Crippen LogP contribution is 2.35. The van der Waals surface area contributed by atoms with Crippen LogP contribution in [0.25, 0.3) is 0 Å². The standard InChI is InChI=1S/C14H8Br2F2O3/c15-10-4-7(14(19)20)5-11(16)13(10)21-6-8-3-9(17)1-2-12(8)18/h1-5H,6H2,(H,19,20). The Balaban J connectivity index is 2.24. The summed E-state index contributed by atoms with van der Waals surface area (Å²) >= 11 is 6.37. The summed E-state index contributed by atoms with van der Waals surface area (Å²) < 4.78 is 32.8. The summed E-state index contributed by atoms with van der Waals surface area (Å²) in [6.07, 6.45) is 0. The van der Waals surface area contributed by atoms with Crippen LogP contribution < -0.4 is 4.74 Å². The van der Waals surface area contributed by atoms with Gasteiger partial charge in [-0.1, -0.05) is 0 Å². The Labute approximate surface area is 135 Å². The highest BCUT2D eigenvalue weighted by Gasteiger charge is 2.14. The molecule has 21 heavy (non-hydrogen) atoms. The van der Waals surface area contributed by atoms with Crippen molar-refractivity contribution in [3.8, 4) is 5.75 Å². The molecule has 7 heteroatoms. The molecule has 0 heterocycles. The Kier molecular flexibility index (Phi) is 4.95. The van der Waals surface area contributed by atoms with Crippen molar-refractivity contribution >= 4 is 37.8 Å². The average molecular weight is 422 g/mol. The van der Waals surface area contributed by atoms with Crippen molar-refractivity contribution in [3.05, 3.63) is 62.0 Å². The van der Waals surface area contributed by atoms with Gasteiger partial charge >= 0.3 is 5.97 Å². The molecule has 0 amide bonds. The third-order valence-corrected chi connectivity index (χ3v) is 3.80. The molecule has 2 aromatic rings. The highest BCUT2D eigenvalue weighted by atomic mass is 79.9. The van der Waals surface area contributed by atoms with E-state index in [2.05, 4.69) is 31.9 Å². The molecule has 110 valence electrons. The predicted octanol–water partition coefficient (Wildman–Crippen LogP) is 4.77. The van der Waals surface area contributed by atoms with Crippen LogP contribution >= 0.6 is 31.9 Å². The largest absolute Gasteiger partial charge is 0.486 e. The highest BCUT2D eigenvalue weighted by molar-refractivity contribution is 9.11. The first-order chi connectivity index (χ1) is 9.88. The lowest BCUT2D eigenvalue weighted by Crippen LogP contribution is -2.02. The fourth-order valence-corrected chi connectivity index (χ4v) is 3.04. The molecule has 0 spiro atoms. The van der Waals surface area contributed by atoms with Crippen molar-refractivity contribution < 1.29 is 23.4 Å². The van der Waals surface area contributed by atoms with Gasteiger partial charge < -0.3 is 9.84 Å². The molecule has 0 aliphatic rings. The smallest absolute Gasteiger partial charge is 0.335 e. The second kappa shape index (κ2) is 6.53. The van der Waals surface area contributed by atoms with Gasteiger partial charge in [0.2, 0.25) is 0 Å². The zero-order valence-electron chi connectivity index (χ0n) is 10.4. The van der Waals surface area contributed by atoms with Gasteiger partial charge in [-0.15, -0.1) is 0 Å². The lowest BCUT2D eigenvalue weighted by atomic mass is 10.2. The number of aromatic carboxylic acids is 1. The number of hydrogen-bond donors (Lipinski definition) is 1. The van der Waals surface area contributed by atoms with Crippen LogP contribution in [0, 0.1) is 11.6 Å². The van der Waals surface area contributed by atoms with Crippen LogP contribution in [0.1, 0.15) is 15.9 Å². The molecule has 0 aliphatic heterocycles. The Morgan fingerprint density at radius 2 is 1.76 bits per heavy atom. The SMILES string of the molecule is O=C(O)c1cc(Br)c(OCc2cc(F)ccc2F)c(Br)c1. The number of halogens is 4. The van der Waals surface area contributed by atoms with Gasteiger partial charge in [-0.3, -0.25) is 0 Å². The number of hydrogen-bond acceptors (Lipinski definition) is 2. The summed E-state index contributed by atoms with van der Waals surface area (Å²) in [5, 5.41) is 8.93. The summed E-state index contributed by atoms with van der Waals surface area (Å²) in [7, 11) is 0. The number of carboxylic acid groups (broad SMARTS) is 1. The van der Waals surface area contributed by atoms with E-state index in [0.717, 1.165) is 18.2 Å². The van der Waals surface area contributed by atoms with Gasteiger partial charge in [0, 0.05) is 5.56 Å². The Hall–Kier alpha value is -1.47. The maximum Gasteiger partial charge on any atom is 0.335 e. The molecule has 0 aromatic heterocycles. The normalized spacial score (nSPS) is 10.5. The number of benzene rings is 2. The fourth-order valence-electron chi connectivity index (χ4n) is 1.63. The van der Waals surface area contributed by atoms with Crippen LogP contribution in [0.2, 0.25) is 0 Å². The molecule has 2 rings (SSSR count). The van der Waals surface area contributed by atoms with Gasteiger partial charge in [0.25, 0.3) is 0 Å². The van der Waals surface area contributed by atoms with Crippen LogP contribution in [0.4, 0.5) is 8.78 Å². The van der Waals surface area contributed by atoms with Gasteiger partial charge in [-0.05, 0) is 62.2 Å². The monoisotopic (exact) mass is 420 g/mol. The van der Waals surface area contributed by atoms with E-state index in [1.165, 1.54) is 12.1 Å². The molecule has 0 bridgehead atoms. The van der Waals surface area contributed by atoms with Gasteiger partial charge in [-0.2, -0.15) is 0 Å². The molecule has 0 atom stereocenters. The van der Waals surface area contributed by atoms with Crippen LogP contribution in [0.3, 0.4) is 0 Å². The second-order valence-corrected chi connectivity index (χ2v) is 5.81. The Morgan fingerprint density at radius 1 is 1.14 bits per heavy atom. The summed E-state index contributed by atoms with van der Waals surface area (Å²) in [6.45, 7) is -0.187. The molecule has 0 aliphatic carbocycles. The van der Waals surface area contributed by atoms with Crippen LogP contribution in [-0.2, 0) is 6.61 Å². The van der Waals surface area contributed by atoms with E-state index in [4.69, 9.17) is 9.84 Å². The molecular weight excluding hydrogens is 414 g/mol. The van der Waals surface area contributed by atoms with Crippen molar-refractivity contribution in [3.63, 3.8) is 0 Å². The van der Waals surface area contributed by atoms with Gasteiger partial charge in [0.1, 0.15) is 24.0 Å². The van der Waals surface area contributed by atoms with E-state index < -0.39 is 17.6 Å². The molecule has 0 saturated carbocycles. The van der Waals surface area contributed by atoms with Crippen LogP contribution in [0.15, 0.2) is 39.3 Å².